The minimum atomic E-state index is 0.189. The standard InChI is InChI=1S/C15H20Br2O3/c1-18-11-4-3-5-12(8-11)20-15-13(17)6-10(9-16)7-14(15)19-2/h6-7,11-12H,3-5,8-9H2,1-2H3. The van der Waals surface area contributed by atoms with Gasteiger partial charge in [0.05, 0.1) is 17.7 Å². The highest BCUT2D eigenvalue weighted by molar-refractivity contribution is 9.10. The molecule has 1 fully saturated rings. The maximum Gasteiger partial charge on any atom is 0.175 e. The third kappa shape index (κ3) is 3.89. The molecule has 1 aliphatic rings. The van der Waals surface area contributed by atoms with Crippen molar-refractivity contribution < 1.29 is 14.2 Å². The average Bonchev–Trinajstić information content (AvgIpc) is 2.49. The molecule has 20 heavy (non-hydrogen) atoms. The van der Waals surface area contributed by atoms with Gasteiger partial charge in [0.15, 0.2) is 11.5 Å². The summed E-state index contributed by atoms with van der Waals surface area (Å²) in [4.78, 5) is 0. The molecule has 0 N–H and O–H groups in total. The van der Waals surface area contributed by atoms with Crippen molar-refractivity contribution in [1.82, 2.24) is 0 Å². The molecule has 1 aromatic carbocycles. The Morgan fingerprint density at radius 2 is 1.95 bits per heavy atom. The number of rotatable bonds is 5. The van der Waals surface area contributed by atoms with Crippen LogP contribution in [-0.4, -0.2) is 26.4 Å². The lowest BCUT2D eigenvalue weighted by atomic mass is 9.95. The zero-order valence-corrected chi connectivity index (χ0v) is 15.0. The van der Waals surface area contributed by atoms with Crippen molar-refractivity contribution in [2.45, 2.75) is 43.2 Å². The predicted octanol–water partition coefficient (Wildman–Crippen LogP) is 4.69. The van der Waals surface area contributed by atoms with E-state index in [1.807, 2.05) is 6.07 Å². The van der Waals surface area contributed by atoms with E-state index in [1.54, 1.807) is 14.2 Å². The minimum absolute atomic E-state index is 0.189. The third-order valence-corrected chi connectivity index (χ3v) is 4.88. The van der Waals surface area contributed by atoms with E-state index in [-0.39, 0.29) is 6.10 Å². The fraction of sp³-hybridized carbons (Fsp3) is 0.600. The summed E-state index contributed by atoms with van der Waals surface area (Å²) in [6, 6.07) is 4.06. The lowest BCUT2D eigenvalue weighted by Crippen LogP contribution is -2.29. The first-order valence-electron chi connectivity index (χ1n) is 6.79. The molecular formula is C15H20Br2O3. The minimum Gasteiger partial charge on any atom is -0.493 e. The van der Waals surface area contributed by atoms with Crippen LogP contribution in [-0.2, 0) is 10.1 Å². The largest absolute Gasteiger partial charge is 0.493 e. The first-order valence-corrected chi connectivity index (χ1v) is 8.71. The summed E-state index contributed by atoms with van der Waals surface area (Å²) >= 11 is 7.04. The fourth-order valence-corrected chi connectivity index (χ4v) is 3.46. The van der Waals surface area contributed by atoms with Crippen molar-refractivity contribution in [1.29, 1.82) is 0 Å². The Balaban J connectivity index is 2.15. The number of methoxy groups -OCH3 is 2. The molecule has 0 spiro atoms. The predicted molar refractivity (Wildman–Crippen MR) is 87.0 cm³/mol. The molecule has 3 nitrogen and oxygen atoms in total. The van der Waals surface area contributed by atoms with E-state index in [0.717, 1.165) is 52.5 Å². The van der Waals surface area contributed by atoms with Crippen LogP contribution in [0.1, 0.15) is 31.2 Å². The quantitative estimate of drug-likeness (QED) is 0.662. The summed E-state index contributed by atoms with van der Waals surface area (Å²) in [5.41, 5.74) is 1.15. The van der Waals surface area contributed by atoms with Crippen LogP contribution in [0, 0.1) is 0 Å². The highest BCUT2D eigenvalue weighted by Crippen LogP contribution is 2.39. The summed E-state index contributed by atoms with van der Waals surface area (Å²) in [5, 5.41) is 0.789. The van der Waals surface area contributed by atoms with Crippen LogP contribution in [0.15, 0.2) is 16.6 Å². The van der Waals surface area contributed by atoms with Crippen molar-refractivity contribution in [2.75, 3.05) is 14.2 Å². The zero-order valence-electron chi connectivity index (χ0n) is 11.8. The zero-order chi connectivity index (χ0) is 14.5. The van der Waals surface area contributed by atoms with Gasteiger partial charge in [-0.05, 0) is 52.9 Å². The Labute approximate surface area is 137 Å². The van der Waals surface area contributed by atoms with Crippen LogP contribution in [0.2, 0.25) is 0 Å². The summed E-state index contributed by atoms with van der Waals surface area (Å²) in [6.07, 6.45) is 4.76. The Morgan fingerprint density at radius 3 is 2.60 bits per heavy atom. The van der Waals surface area contributed by atoms with Gasteiger partial charge in [-0.15, -0.1) is 0 Å². The molecule has 1 aromatic rings. The molecule has 1 aliphatic carbocycles. The number of hydrogen-bond donors (Lipinski definition) is 0. The molecule has 0 radical (unpaired) electrons. The highest BCUT2D eigenvalue weighted by Gasteiger charge is 2.25. The molecule has 5 heteroatoms. The van der Waals surface area contributed by atoms with E-state index < -0.39 is 0 Å². The number of ether oxygens (including phenoxy) is 3. The van der Waals surface area contributed by atoms with Crippen molar-refractivity contribution >= 4 is 31.9 Å². The van der Waals surface area contributed by atoms with Gasteiger partial charge in [0.1, 0.15) is 6.10 Å². The molecule has 0 heterocycles. The molecule has 1 saturated carbocycles. The Hall–Kier alpha value is -0.260. The Kier molecular flexibility index (Phi) is 6.18. The van der Waals surface area contributed by atoms with Crippen molar-refractivity contribution in [3.05, 3.63) is 22.2 Å². The summed E-state index contributed by atoms with van der Waals surface area (Å²) in [5.74, 6) is 1.56. The second-order valence-corrected chi connectivity index (χ2v) is 6.42. The van der Waals surface area contributed by atoms with Crippen LogP contribution < -0.4 is 9.47 Å². The van der Waals surface area contributed by atoms with E-state index in [9.17, 15) is 0 Å². The van der Waals surface area contributed by atoms with Gasteiger partial charge in [-0.25, -0.2) is 0 Å². The van der Waals surface area contributed by atoms with E-state index in [2.05, 4.69) is 37.9 Å². The topological polar surface area (TPSA) is 27.7 Å². The van der Waals surface area contributed by atoms with E-state index >= 15 is 0 Å². The molecule has 112 valence electrons. The monoisotopic (exact) mass is 406 g/mol. The van der Waals surface area contributed by atoms with Crippen LogP contribution in [0.4, 0.5) is 0 Å². The highest BCUT2D eigenvalue weighted by atomic mass is 79.9. The normalized spacial score (nSPS) is 22.6. The fourth-order valence-electron chi connectivity index (χ4n) is 2.55. The number of alkyl halides is 1. The molecule has 0 bridgehead atoms. The maximum atomic E-state index is 6.17. The van der Waals surface area contributed by atoms with Crippen LogP contribution in [0.3, 0.4) is 0 Å². The average molecular weight is 408 g/mol. The molecular weight excluding hydrogens is 388 g/mol. The van der Waals surface area contributed by atoms with E-state index in [4.69, 9.17) is 14.2 Å². The number of hydrogen-bond acceptors (Lipinski definition) is 3. The molecule has 2 atom stereocenters. The van der Waals surface area contributed by atoms with Crippen LogP contribution in [0.25, 0.3) is 0 Å². The Bertz CT molecular complexity index is 451. The second kappa shape index (κ2) is 7.66. The maximum absolute atomic E-state index is 6.17. The van der Waals surface area contributed by atoms with Gasteiger partial charge in [0.25, 0.3) is 0 Å². The molecule has 2 rings (SSSR count). The summed E-state index contributed by atoms with van der Waals surface area (Å²) in [6.45, 7) is 0. The molecule has 0 amide bonds. The molecule has 0 aromatic heterocycles. The first-order chi connectivity index (χ1) is 9.67. The van der Waals surface area contributed by atoms with Crippen molar-refractivity contribution in [3.63, 3.8) is 0 Å². The van der Waals surface area contributed by atoms with Crippen molar-refractivity contribution in [3.8, 4) is 11.5 Å². The second-order valence-electron chi connectivity index (χ2n) is 5.01. The van der Waals surface area contributed by atoms with Gasteiger partial charge in [0.2, 0.25) is 0 Å². The van der Waals surface area contributed by atoms with Crippen LogP contribution >= 0.6 is 31.9 Å². The Morgan fingerprint density at radius 1 is 1.20 bits per heavy atom. The molecule has 2 unspecified atom stereocenters. The van der Waals surface area contributed by atoms with Gasteiger partial charge < -0.3 is 14.2 Å². The lowest BCUT2D eigenvalue weighted by Gasteiger charge is -2.29. The van der Waals surface area contributed by atoms with Gasteiger partial charge in [-0.3, -0.25) is 0 Å². The summed E-state index contributed by atoms with van der Waals surface area (Å²) in [7, 11) is 3.44. The van der Waals surface area contributed by atoms with E-state index in [1.165, 1.54) is 0 Å². The van der Waals surface area contributed by atoms with Gasteiger partial charge in [-0.1, -0.05) is 15.9 Å². The van der Waals surface area contributed by atoms with Crippen LogP contribution in [0.5, 0.6) is 11.5 Å². The van der Waals surface area contributed by atoms with Crippen molar-refractivity contribution in [2.24, 2.45) is 0 Å². The van der Waals surface area contributed by atoms with Gasteiger partial charge in [0, 0.05) is 18.9 Å². The van der Waals surface area contributed by atoms with E-state index in [0.29, 0.717) is 6.10 Å². The van der Waals surface area contributed by atoms with Gasteiger partial charge >= 0.3 is 0 Å². The van der Waals surface area contributed by atoms with Gasteiger partial charge in [-0.2, -0.15) is 0 Å². The molecule has 0 aliphatic heterocycles. The smallest absolute Gasteiger partial charge is 0.175 e. The molecule has 0 saturated heterocycles. The third-order valence-electron chi connectivity index (χ3n) is 3.64. The first kappa shape index (κ1) is 16.1. The SMILES string of the molecule is COc1cc(CBr)cc(Br)c1OC1CCCC(OC)C1. The lowest BCUT2D eigenvalue weighted by molar-refractivity contribution is 0.0199. The number of halogens is 2. The number of benzene rings is 1. The summed E-state index contributed by atoms with van der Waals surface area (Å²) < 4.78 is 18.0.